The summed E-state index contributed by atoms with van der Waals surface area (Å²) in [5.41, 5.74) is 0.112. The van der Waals surface area contributed by atoms with Gasteiger partial charge in [0.2, 0.25) is 11.7 Å². The van der Waals surface area contributed by atoms with Gasteiger partial charge in [0.15, 0.2) is 0 Å². The summed E-state index contributed by atoms with van der Waals surface area (Å²) in [6.45, 7) is 3.99. The van der Waals surface area contributed by atoms with Crippen molar-refractivity contribution in [2.45, 2.75) is 64.3 Å². The number of halogens is 4. The highest BCUT2D eigenvalue weighted by Gasteiger charge is 2.32. The monoisotopic (exact) mass is 513 g/mol. The molecule has 2 unspecified atom stereocenters. The van der Waals surface area contributed by atoms with Gasteiger partial charge in [0.25, 0.3) is 0 Å². The number of amides is 1. The lowest BCUT2D eigenvalue weighted by atomic mass is 10.1. The molecule has 9 nitrogen and oxygen atoms in total. The van der Waals surface area contributed by atoms with E-state index in [-0.39, 0.29) is 36.1 Å². The van der Waals surface area contributed by atoms with Crippen molar-refractivity contribution in [2.24, 2.45) is 0 Å². The van der Waals surface area contributed by atoms with E-state index >= 15 is 0 Å². The Morgan fingerprint density at radius 2 is 2.06 bits per heavy atom. The number of alkyl halides is 4. The Morgan fingerprint density at radius 1 is 1.28 bits per heavy atom. The lowest BCUT2D eigenvalue weighted by Gasteiger charge is -2.28. The van der Waals surface area contributed by atoms with Gasteiger partial charge in [-0.1, -0.05) is 11.2 Å². The molecule has 1 aromatic carbocycles. The molecular weight excluding hydrogens is 486 g/mol. The van der Waals surface area contributed by atoms with Crippen LogP contribution in [0.3, 0.4) is 0 Å². The first-order valence-corrected chi connectivity index (χ1v) is 11.4. The molecule has 1 fully saturated rings. The molecule has 4 rings (SSSR count). The van der Waals surface area contributed by atoms with Gasteiger partial charge in [0, 0.05) is 17.7 Å². The molecule has 3 heterocycles. The molecule has 1 aliphatic rings. The van der Waals surface area contributed by atoms with E-state index in [2.05, 4.69) is 20.8 Å². The fraction of sp³-hybridized carbons (Fsp3) is 0.522. The van der Waals surface area contributed by atoms with E-state index in [1.54, 1.807) is 32.9 Å². The van der Waals surface area contributed by atoms with Gasteiger partial charge < -0.3 is 29.2 Å². The number of carbonyl (C=O) groups excluding carboxylic acids is 1. The van der Waals surface area contributed by atoms with E-state index in [1.807, 2.05) is 0 Å². The van der Waals surface area contributed by atoms with Gasteiger partial charge in [0.05, 0.1) is 23.9 Å². The molecule has 1 amide bonds. The third-order valence-corrected chi connectivity index (χ3v) is 5.39. The summed E-state index contributed by atoms with van der Waals surface area (Å²) in [6.07, 6.45) is -6.06. The topological polar surface area (TPSA) is 103 Å². The molecule has 2 aromatic heterocycles. The molecular formula is C23H27F4N5O4. The molecule has 0 spiro atoms. The first kappa shape index (κ1) is 25.7. The first-order valence-electron chi connectivity index (χ1n) is 11.4. The number of rotatable bonds is 6. The molecule has 0 bridgehead atoms. The van der Waals surface area contributed by atoms with Crippen LogP contribution in [0.15, 0.2) is 28.8 Å². The molecule has 2 atom stereocenters. The fourth-order valence-corrected chi connectivity index (χ4v) is 3.90. The number of alkyl carbamates (subject to hydrolysis) is 1. The quantitative estimate of drug-likeness (QED) is 0.456. The highest BCUT2D eigenvalue weighted by molar-refractivity contribution is 5.96. The normalized spacial score (nSPS) is 18.9. The second kappa shape index (κ2) is 9.96. The second-order valence-corrected chi connectivity index (χ2v) is 9.47. The Labute approximate surface area is 204 Å². The zero-order valence-corrected chi connectivity index (χ0v) is 20.0. The van der Waals surface area contributed by atoms with Crippen molar-refractivity contribution in [1.29, 1.82) is 0 Å². The van der Waals surface area contributed by atoms with Crippen LogP contribution >= 0.6 is 0 Å². The largest absolute Gasteiger partial charge is 0.444 e. The number of fused-ring (bicyclic) bond motifs is 1. The molecule has 3 aromatic rings. The molecule has 36 heavy (non-hydrogen) atoms. The summed E-state index contributed by atoms with van der Waals surface area (Å²) in [5.74, 6) is -0.0997. The van der Waals surface area contributed by atoms with Crippen LogP contribution in [-0.4, -0.2) is 58.0 Å². The maximum Gasteiger partial charge on any atom is 0.408 e. The van der Waals surface area contributed by atoms with Crippen LogP contribution in [0, 0.1) is 0 Å². The van der Waals surface area contributed by atoms with Gasteiger partial charge in [-0.05, 0) is 45.4 Å². The maximum atomic E-state index is 14.3. The molecule has 2 N–H and O–H groups in total. The SMILES string of the molecule is CC(C)(C)OC(=O)NCc1nc(-c2cc3c(NC4CCOCC4F)cccc3n2CC(F)(F)F)no1. The highest BCUT2D eigenvalue weighted by Crippen LogP contribution is 2.35. The summed E-state index contributed by atoms with van der Waals surface area (Å²) in [6, 6.07) is 5.79. The number of hydrogen-bond donors (Lipinski definition) is 2. The summed E-state index contributed by atoms with van der Waals surface area (Å²) in [5, 5.41) is 9.84. The minimum atomic E-state index is -4.53. The Bertz CT molecular complexity index is 1220. The lowest BCUT2D eigenvalue weighted by Crippen LogP contribution is -2.39. The van der Waals surface area contributed by atoms with Crippen LogP contribution in [0.4, 0.5) is 28.0 Å². The van der Waals surface area contributed by atoms with Crippen molar-refractivity contribution >= 4 is 22.7 Å². The number of nitrogens with one attached hydrogen (secondary N) is 2. The lowest BCUT2D eigenvalue weighted by molar-refractivity contribution is -0.139. The van der Waals surface area contributed by atoms with Crippen LogP contribution in [0.2, 0.25) is 0 Å². The Balaban J connectivity index is 1.64. The van der Waals surface area contributed by atoms with Gasteiger partial charge in [0.1, 0.15) is 24.9 Å². The van der Waals surface area contributed by atoms with Crippen LogP contribution in [-0.2, 0) is 22.6 Å². The predicted molar refractivity (Wildman–Crippen MR) is 122 cm³/mol. The Hall–Kier alpha value is -3.35. The average molecular weight is 513 g/mol. The molecule has 13 heteroatoms. The smallest absolute Gasteiger partial charge is 0.408 e. The van der Waals surface area contributed by atoms with Gasteiger partial charge >= 0.3 is 12.3 Å². The molecule has 1 aliphatic heterocycles. The number of benzene rings is 1. The summed E-state index contributed by atoms with van der Waals surface area (Å²) >= 11 is 0. The van der Waals surface area contributed by atoms with Gasteiger partial charge in [-0.2, -0.15) is 18.2 Å². The third-order valence-electron chi connectivity index (χ3n) is 5.39. The van der Waals surface area contributed by atoms with Crippen molar-refractivity contribution in [3.63, 3.8) is 0 Å². The van der Waals surface area contributed by atoms with Crippen LogP contribution in [0.1, 0.15) is 33.1 Å². The predicted octanol–water partition coefficient (Wildman–Crippen LogP) is 4.82. The van der Waals surface area contributed by atoms with E-state index in [0.717, 1.165) is 4.57 Å². The summed E-state index contributed by atoms with van der Waals surface area (Å²) < 4.78 is 71.2. The molecule has 196 valence electrons. The Morgan fingerprint density at radius 3 is 2.75 bits per heavy atom. The van der Waals surface area contributed by atoms with Crippen molar-refractivity contribution < 1.29 is 36.4 Å². The standard InChI is InChI=1S/C23H27F4N5O4/c1-22(2,3)35-21(33)28-10-19-30-20(31-36-19)18-9-13-15(29-16-7-8-34-11-14(16)24)5-4-6-17(13)32(18)12-23(25,26)27/h4-6,9,14,16,29H,7-8,10-12H2,1-3H3,(H,28,33). The van der Waals surface area contributed by atoms with Crippen molar-refractivity contribution in [3.8, 4) is 11.5 Å². The third kappa shape index (κ3) is 6.25. The number of hydrogen-bond acceptors (Lipinski definition) is 7. The molecule has 0 radical (unpaired) electrons. The summed E-state index contributed by atoms with van der Waals surface area (Å²) in [4.78, 5) is 16.0. The number of ether oxygens (including phenoxy) is 2. The number of carbonyl (C=O) groups is 1. The number of anilines is 1. The van der Waals surface area contributed by atoms with Gasteiger partial charge in [-0.3, -0.25) is 0 Å². The van der Waals surface area contributed by atoms with E-state index in [4.69, 9.17) is 14.0 Å². The fourth-order valence-electron chi connectivity index (χ4n) is 3.90. The van der Waals surface area contributed by atoms with Gasteiger partial charge in [-0.15, -0.1) is 0 Å². The van der Waals surface area contributed by atoms with E-state index in [0.29, 0.717) is 24.1 Å². The molecule has 0 saturated carbocycles. The minimum absolute atomic E-state index is 0.0134. The van der Waals surface area contributed by atoms with Crippen molar-refractivity contribution in [3.05, 3.63) is 30.2 Å². The number of aromatic nitrogens is 3. The van der Waals surface area contributed by atoms with E-state index in [9.17, 15) is 22.4 Å². The van der Waals surface area contributed by atoms with Crippen LogP contribution in [0.25, 0.3) is 22.4 Å². The van der Waals surface area contributed by atoms with Gasteiger partial charge in [-0.25, -0.2) is 9.18 Å². The number of nitrogens with zero attached hydrogens (tertiary/aromatic N) is 3. The second-order valence-electron chi connectivity index (χ2n) is 9.47. The van der Waals surface area contributed by atoms with Crippen LogP contribution in [0.5, 0.6) is 0 Å². The average Bonchev–Trinajstić information content (AvgIpc) is 3.37. The van der Waals surface area contributed by atoms with Crippen LogP contribution < -0.4 is 10.6 Å². The molecule has 0 aliphatic carbocycles. The first-order chi connectivity index (χ1) is 16.9. The maximum absolute atomic E-state index is 14.3. The van der Waals surface area contributed by atoms with E-state index in [1.165, 1.54) is 12.1 Å². The highest BCUT2D eigenvalue weighted by atomic mass is 19.4. The summed E-state index contributed by atoms with van der Waals surface area (Å²) in [7, 11) is 0. The van der Waals surface area contributed by atoms with Crippen molar-refractivity contribution in [1.82, 2.24) is 20.0 Å². The molecule has 1 saturated heterocycles. The van der Waals surface area contributed by atoms with Crippen molar-refractivity contribution in [2.75, 3.05) is 18.5 Å². The minimum Gasteiger partial charge on any atom is -0.444 e. The zero-order valence-electron chi connectivity index (χ0n) is 20.0. The zero-order chi connectivity index (χ0) is 26.1. The van der Waals surface area contributed by atoms with E-state index < -0.39 is 36.6 Å². The Kier molecular flexibility index (Phi) is 7.12.